The predicted molar refractivity (Wildman–Crippen MR) is 71.6 cm³/mol. The number of hydrogen-bond donors (Lipinski definition) is 1. The van der Waals surface area contributed by atoms with E-state index in [1.54, 1.807) is 12.1 Å². The fourth-order valence-corrected chi connectivity index (χ4v) is 2.05. The van der Waals surface area contributed by atoms with Gasteiger partial charge in [0, 0.05) is 6.04 Å². The van der Waals surface area contributed by atoms with Crippen LogP contribution in [0.1, 0.15) is 31.7 Å². The monoisotopic (exact) mass is 253 g/mol. The van der Waals surface area contributed by atoms with Crippen molar-refractivity contribution in [3.63, 3.8) is 0 Å². The Bertz CT molecular complexity index is 377. The molecule has 0 aliphatic rings. The van der Waals surface area contributed by atoms with Crippen LogP contribution in [0, 0.1) is 11.6 Å². The van der Waals surface area contributed by atoms with Gasteiger partial charge in [0.15, 0.2) is 11.6 Å². The first-order valence-corrected chi connectivity index (χ1v) is 6.46. The molecule has 0 saturated carbocycles. The summed E-state index contributed by atoms with van der Waals surface area (Å²) in [5.41, 5.74) is 0.444. The topological polar surface area (TPSA) is 12.0 Å². The Morgan fingerprint density at radius 3 is 2.83 bits per heavy atom. The van der Waals surface area contributed by atoms with Crippen LogP contribution >= 0.6 is 0 Å². The molecule has 0 bridgehead atoms. The van der Waals surface area contributed by atoms with Crippen molar-refractivity contribution in [3.8, 4) is 0 Å². The third-order valence-electron chi connectivity index (χ3n) is 2.95. The lowest BCUT2D eigenvalue weighted by atomic mass is 10.00. The summed E-state index contributed by atoms with van der Waals surface area (Å²) < 4.78 is 26.7. The number of rotatable bonds is 8. The quantitative estimate of drug-likeness (QED) is 0.548. The summed E-state index contributed by atoms with van der Waals surface area (Å²) in [6, 6.07) is 4.54. The Morgan fingerprint density at radius 1 is 1.39 bits per heavy atom. The standard InChI is InChI=1S/C15H21F2N/c1-3-5-6-9-13(18-4-2)11-12-8-7-10-14(16)15(12)17/h3,7-8,10,13,18H,1,4-6,9,11H2,2H3. The number of allylic oxidation sites excluding steroid dienone is 1. The van der Waals surface area contributed by atoms with Gasteiger partial charge in [-0.2, -0.15) is 0 Å². The van der Waals surface area contributed by atoms with E-state index in [-0.39, 0.29) is 6.04 Å². The van der Waals surface area contributed by atoms with Crippen LogP contribution in [0.2, 0.25) is 0 Å². The second-order valence-corrected chi connectivity index (χ2v) is 4.39. The molecule has 0 aliphatic carbocycles. The molecule has 0 spiro atoms. The average Bonchev–Trinajstić information content (AvgIpc) is 2.35. The number of nitrogens with one attached hydrogen (secondary N) is 1. The van der Waals surface area contributed by atoms with Crippen LogP contribution < -0.4 is 5.32 Å². The van der Waals surface area contributed by atoms with Crippen molar-refractivity contribution in [3.05, 3.63) is 48.1 Å². The molecule has 3 heteroatoms. The summed E-state index contributed by atoms with van der Waals surface area (Å²) in [6.45, 7) is 6.53. The normalized spacial score (nSPS) is 12.4. The van der Waals surface area contributed by atoms with Crippen LogP contribution in [0.25, 0.3) is 0 Å². The highest BCUT2D eigenvalue weighted by Gasteiger charge is 2.13. The summed E-state index contributed by atoms with van der Waals surface area (Å²) in [5.74, 6) is -1.49. The molecule has 1 rings (SSSR count). The van der Waals surface area contributed by atoms with E-state index in [0.717, 1.165) is 31.9 Å². The molecule has 0 radical (unpaired) electrons. The minimum atomic E-state index is -0.770. The van der Waals surface area contributed by atoms with Gasteiger partial charge in [0.25, 0.3) is 0 Å². The van der Waals surface area contributed by atoms with Crippen LogP contribution in [0.3, 0.4) is 0 Å². The van der Waals surface area contributed by atoms with Gasteiger partial charge < -0.3 is 5.32 Å². The molecule has 0 aromatic heterocycles. The first-order chi connectivity index (χ1) is 8.69. The molecule has 1 atom stereocenters. The molecule has 0 fully saturated rings. The maximum Gasteiger partial charge on any atom is 0.162 e. The Labute approximate surface area is 108 Å². The molecular formula is C15H21F2N. The molecule has 18 heavy (non-hydrogen) atoms. The van der Waals surface area contributed by atoms with E-state index in [1.807, 2.05) is 13.0 Å². The van der Waals surface area contributed by atoms with Gasteiger partial charge in [0.2, 0.25) is 0 Å². The van der Waals surface area contributed by atoms with Crippen molar-refractivity contribution in [2.45, 2.75) is 38.6 Å². The maximum atomic E-state index is 13.6. The van der Waals surface area contributed by atoms with Gasteiger partial charge in [-0.1, -0.05) is 25.1 Å². The summed E-state index contributed by atoms with van der Waals surface area (Å²) in [4.78, 5) is 0. The molecule has 1 N–H and O–H groups in total. The van der Waals surface area contributed by atoms with Gasteiger partial charge in [0.05, 0.1) is 0 Å². The highest BCUT2D eigenvalue weighted by atomic mass is 19.2. The van der Waals surface area contributed by atoms with E-state index in [1.165, 1.54) is 0 Å². The highest BCUT2D eigenvalue weighted by molar-refractivity contribution is 5.20. The summed E-state index contributed by atoms with van der Waals surface area (Å²) >= 11 is 0. The van der Waals surface area contributed by atoms with Crippen LogP contribution in [-0.2, 0) is 6.42 Å². The maximum absolute atomic E-state index is 13.6. The minimum Gasteiger partial charge on any atom is -0.314 e. The van der Waals surface area contributed by atoms with E-state index in [2.05, 4.69) is 11.9 Å². The molecule has 1 aromatic rings. The predicted octanol–water partition coefficient (Wildman–Crippen LogP) is 3.84. The molecule has 0 amide bonds. The van der Waals surface area contributed by atoms with E-state index < -0.39 is 11.6 Å². The van der Waals surface area contributed by atoms with Gasteiger partial charge in [-0.15, -0.1) is 6.58 Å². The highest BCUT2D eigenvalue weighted by Crippen LogP contribution is 2.15. The van der Waals surface area contributed by atoms with E-state index in [0.29, 0.717) is 12.0 Å². The zero-order chi connectivity index (χ0) is 13.4. The number of unbranched alkanes of at least 4 members (excludes halogenated alkanes) is 1. The number of likely N-dealkylation sites (N-methyl/N-ethyl adjacent to an activating group) is 1. The Morgan fingerprint density at radius 2 is 2.17 bits per heavy atom. The summed E-state index contributed by atoms with van der Waals surface area (Å²) in [7, 11) is 0. The average molecular weight is 253 g/mol. The van der Waals surface area contributed by atoms with E-state index >= 15 is 0 Å². The molecule has 1 unspecified atom stereocenters. The van der Waals surface area contributed by atoms with Crippen LogP contribution in [0.5, 0.6) is 0 Å². The Hall–Kier alpha value is -1.22. The zero-order valence-electron chi connectivity index (χ0n) is 10.9. The first-order valence-electron chi connectivity index (χ1n) is 6.46. The molecule has 1 nitrogen and oxygen atoms in total. The molecule has 0 aliphatic heterocycles. The number of hydrogen-bond acceptors (Lipinski definition) is 1. The first kappa shape index (κ1) is 14.8. The van der Waals surface area contributed by atoms with Gasteiger partial charge in [0.1, 0.15) is 0 Å². The van der Waals surface area contributed by atoms with Crippen molar-refractivity contribution < 1.29 is 8.78 Å². The number of benzene rings is 1. The largest absolute Gasteiger partial charge is 0.314 e. The smallest absolute Gasteiger partial charge is 0.162 e. The molecule has 100 valence electrons. The minimum absolute atomic E-state index is 0.186. The van der Waals surface area contributed by atoms with E-state index in [9.17, 15) is 8.78 Å². The van der Waals surface area contributed by atoms with Crippen LogP contribution in [0.15, 0.2) is 30.9 Å². The lowest BCUT2D eigenvalue weighted by Gasteiger charge is -2.18. The molecule has 1 aromatic carbocycles. The van der Waals surface area contributed by atoms with Gasteiger partial charge in [-0.3, -0.25) is 0 Å². The van der Waals surface area contributed by atoms with Crippen molar-refractivity contribution in [2.75, 3.05) is 6.54 Å². The van der Waals surface area contributed by atoms with Gasteiger partial charge in [-0.05, 0) is 43.9 Å². The lowest BCUT2D eigenvalue weighted by Crippen LogP contribution is -2.31. The Kier molecular flexibility index (Phi) is 6.58. The number of halogens is 2. The van der Waals surface area contributed by atoms with Crippen molar-refractivity contribution in [1.82, 2.24) is 5.32 Å². The molecular weight excluding hydrogens is 232 g/mol. The third-order valence-corrected chi connectivity index (χ3v) is 2.95. The van der Waals surface area contributed by atoms with Gasteiger partial charge in [-0.25, -0.2) is 8.78 Å². The van der Waals surface area contributed by atoms with Crippen molar-refractivity contribution in [1.29, 1.82) is 0 Å². The SMILES string of the molecule is C=CCCCC(Cc1cccc(F)c1F)NCC. The fraction of sp³-hybridized carbons (Fsp3) is 0.467. The van der Waals surface area contributed by atoms with Crippen molar-refractivity contribution >= 4 is 0 Å². The van der Waals surface area contributed by atoms with Crippen LogP contribution in [0.4, 0.5) is 8.78 Å². The summed E-state index contributed by atoms with van der Waals surface area (Å²) in [5, 5.41) is 3.31. The lowest BCUT2D eigenvalue weighted by molar-refractivity contribution is 0.454. The summed E-state index contributed by atoms with van der Waals surface area (Å²) in [6.07, 6.45) is 5.31. The van der Waals surface area contributed by atoms with Crippen molar-refractivity contribution in [2.24, 2.45) is 0 Å². The van der Waals surface area contributed by atoms with Crippen LogP contribution in [-0.4, -0.2) is 12.6 Å². The molecule has 0 saturated heterocycles. The zero-order valence-corrected chi connectivity index (χ0v) is 10.9. The molecule has 0 heterocycles. The van der Waals surface area contributed by atoms with E-state index in [4.69, 9.17) is 0 Å². The Balaban J connectivity index is 2.64. The second-order valence-electron chi connectivity index (χ2n) is 4.39. The van der Waals surface area contributed by atoms with Gasteiger partial charge >= 0.3 is 0 Å². The fourth-order valence-electron chi connectivity index (χ4n) is 2.05. The third kappa shape index (κ3) is 4.57. The second kappa shape index (κ2) is 7.98.